The largest absolute Gasteiger partial charge is 0.444 e. The van der Waals surface area contributed by atoms with Gasteiger partial charge in [0.05, 0.1) is 11.4 Å². The Hall–Kier alpha value is -2.40. The van der Waals surface area contributed by atoms with Gasteiger partial charge in [-0.3, -0.25) is 4.68 Å². The Bertz CT molecular complexity index is 845. The molecule has 3 aromatic rings. The van der Waals surface area contributed by atoms with Gasteiger partial charge in [0.25, 0.3) is 0 Å². The maximum Gasteiger partial charge on any atom is 0.226 e. The Morgan fingerprint density at radius 3 is 2.52 bits per heavy atom. The summed E-state index contributed by atoms with van der Waals surface area (Å²) in [6.07, 6.45) is 1.73. The molecule has 25 heavy (non-hydrogen) atoms. The molecule has 2 aromatic heterocycles. The van der Waals surface area contributed by atoms with Crippen molar-refractivity contribution in [3.05, 3.63) is 58.7 Å². The van der Waals surface area contributed by atoms with Crippen LogP contribution >= 0.6 is 0 Å². The van der Waals surface area contributed by atoms with Gasteiger partial charge in [0.2, 0.25) is 5.89 Å². The lowest BCUT2D eigenvalue weighted by Crippen LogP contribution is -2.19. The van der Waals surface area contributed by atoms with Crippen molar-refractivity contribution in [3.63, 3.8) is 0 Å². The summed E-state index contributed by atoms with van der Waals surface area (Å²) in [5.41, 5.74) is 6.70. The van der Waals surface area contributed by atoms with Gasteiger partial charge in [-0.15, -0.1) is 0 Å². The maximum atomic E-state index is 5.63. The van der Waals surface area contributed by atoms with Crippen molar-refractivity contribution < 1.29 is 4.42 Å². The molecule has 132 valence electrons. The third-order valence-electron chi connectivity index (χ3n) is 4.61. The smallest absolute Gasteiger partial charge is 0.226 e. The topological polar surface area (TPSA) is 55.9 Å². The van der Waals surface area contributed by atoms with Gasteiger partial charge in [0.15, 0.2) is 0 Å². The van der Waals surface area contributed by atoms with Crippen LogP contribution in [0.2, 0.25) is 0 Å². The molecule has 0 saturated heterocycles. The fourth-order valence-corrected chi connectivity index (χ4v) is 3.22. The van der Waals surface area contributed by atoms with Gasteiger partial charge in [0.1, 0.15) is 6.26 Å². The summed E-state index contributed by atoms with van der Waals surface area (Å²) in [5.74, 6) is 0.663. The van der Waals surface area contributed by atoms with Crippen molar-refractivity contribution in [3.8, 4) is 11.5 Å². The summed E-state index contributed by atoms with van der Waals surface area (Å²) in [4.78, 5) is 4.59. The zero-order valence-electron chi connectivity index (χ0n) is 15.6. The lowest BCUT2D eigenvalue weighted by Gasteiger charge is -2.14. The summed E-state index contributed by atoms with van der Waals surface area (Å²) >= 11 is 0. The van der Waals surface area contributed by atoms with Crippen LogP contribution in [0.1, 0.15) is 48.1 Å². The molecule has 2 heterocycles. The predicted octanol–water partition coefficient (Wildman–Crippen LogP) is 4.33. The van der Waals surface area contributed by atoms with Gasteiger partial charge in [-0.25, -0.2) is 4.98 Å². The quantitative estimate of drug-likeness (QED) is 0.726. The second kappa shape index (κ2) is 7.23. The number of rotatable bonds is 6. The SMILES string of the molecule is CCn1nc(C)c(C(C)NCc2coc(-c3ccc(C)cc3)n2)c1C. The number of hydrogen-bond donors (Lipinski definition) is 1. The van der Waals surface area contributed by atoms with Crippen molar-refractivity contribution >= 4 is 0 Å². The fourth-order valence-electron chi connectivity index (χ4n) is 3.22. The van der Waals surface area contributed by atoms with Gasteiger partial charge in [0, 0.05) is 36.0 Å². The van der Waals surface area contributed by atoms with Crippen molar-refractivity contribution in [2.24, 2.45) is 0 Å². The summed E-state index contributed by atoms with van der Waals surface area (Å²) in [6, 6.07) is 8.41. The zero-order chi connectivity index (χ0) is 18.0. The Kier molecular flexibility index (Phi) is 5.04. The highest BCUT2D eigenvalue weighted by Gasteiger charge is 2.17. The van der Waals surface area contributed by atoms with Crippen LogP contribution in [0.5, 0.6) is 0 Å². The zero-order valence-corrected chi connectivity index (χ0v) is 15.6. The second-order valence-electron chi connectivity index (χ2n) is 6.51. The summed E-state index contributed by atoms with van der Waals surface area (Å²) in [6.45, 7) is 12.1. The molecule has 1 N–H and O–H groups in total. The molecular formula is C20H26N4O. The van der Waals surface area contributed by atoms with Gasteiger partial charge in [-0.2, -0.15) is 5.10 Å². The average Bonchev–Trinajstić information content (AvgIpc) is 3.18. The molecule has 0 aliphatic rings. The molecule has 0 spiro atoms. The van der Waals surface area contributed by atoms with E-state index in [1.807, 2.05) is 12.1 Å². The van der Waals surface area contributed by atoms with E-state index in [2.05, 4.69) is 66.8 Å². The van der Waals surface area contributed by atoms with E-state index in [1.54, 1.807) is 6.26 Å². The average molecular weight is 338 g/mol. The monoisotopic (exact) mass is 338 g/mol. The lowest BCUT2D eigenvalue weighted by molar-refractivity contribution is 0.549. The number of aromatic nitrogens is 3. The van der Waals surface area contributed by atoms with Crippen LogP contribution in [0.3, 0.4) is 0 Å². The van der Waals surface area contributed by atoms with E-state index in [0.29, 0.717) is 12.4 Å². The van der Waals surface area contributed by atoms with Gasteiger partial charge in [-0.1, -0.05) is 17.7 Å². The number of aryl methyl sites for hydroxylation is 3. The minimum absolute atomic E-state index is 0.208. The van der Waals surface area contributed by atoms with Crippen LogP contribution < -0.4 is 5.32 Å². The molecular weight excluding hydrogens is 312 g/mol. The number of nitrogens with zero attached hydrogens (tertiary/aromatic N) is 3. The fraction of sp³-hybridized carbons (Fsp3) is 0.400. The number of nitrogens with one attached hydrogen (secondary N) is 1. The first kappa shape index (κ1) is 17.4. The first-order valence-electron chi connectivity index (χ1n) is 8.78. The molecule has 0 aliphatic carbocycles. The van der Waals surface area contributed by atoms with Crippen LogP contribution in [-0.4, -0.2) is 14.8 Å². The molecule has 3 rings (SSSR count). The predicted molar refractivity (Wildman–Crippen MR) is 99.3 cm³/mol. The number of oxazole rings is 1. The van der Waals surface area contributed by atoms with Crippen molar-refractivity contribution in [1.29, 1.82) is 0 Å². The van der Waals surface area contributed by atoms with Crippen LogP contribution in [0, 0.1) is 20.8 Å². The molecule has 0 saturated carbocycles. The normalized spacial score (nSPS) is 12.5. The Morgan fingerprint density at radius 1 is 1.16 bits per heavy atom. The van der Waals surface area contributed by atoms with Gasteiger partial charge < -0.3 is 9.73 Å². The molecule has 0 aliphatic heterocycles. The standard InChI is InChI=1S/C20H26N4O/c1-6-24-16(5)19(15(4)23-24)14(3)21-11-18-12-25-20(22-18)17-9-7-13(2)8-10-17/h7-10,12,14,21H,6,11H2,1-5H3. The number of hydrogen-bond acceptors (Lipinski definition) is 4. The van der Waals surface area contributed by atoms with Crippen molar-refractivity contribution in [1.82, 2.24) is 20.1 Å². The third kappa shape index (κ3) is 3.66. The van der Waals surface area contributed by atoms with E-state index in [-0.39, 0.29) is 6.04 Å². The van der Waals surface area contributed by atoms with E-state index >= 15 is 0 Å². The van der Waals surface area contributed by atoms with Gasteiger partial charge >= 0.3 is 0 Å². The maximum absolute atomic E-state index is 5.63. The summed E-state index contributed by atoms with van der Waals surface area (Å²) in [7, 11) is 0. The molecule has 5 nitrogen and oxygen atoms in total. The summed E-state index contributed by atoms with van der Waals surface area (Å²) in [5, 5.41) is 8.13. The molecule has 0 radical (unpaired) electrons. The molecule has 1 atom stereocenters. The van der Waals surface area contributed by atoms with Crippen molar-refractivity contribution in [2.75, 3.05) is 0 Å². The molecule has 5 heteroatoms. The molecule has 1 aromatic carbocycles. The number of benzene rings is 1. The van der Waals surface area contributed by atoms with Crippen LogP contribution in [-0.2, 0) is 13.1 Å². The van der Waals surface area contributed by atoms with E-state index in [9.17, 15) is 0 Å². The molecule has 1 unspecified atom stereocenters. The van der Waals surface area contributed by atoms with Crippen LogP contribution in [0.4, 0.5) is 0 Å². The first-order valence-corrected chi connectivity index (χ1v) is 8.78. The minimum Gasteiger partial charge on any atom is -0.444 e. The van der Waals surface area contributed by atoms with Gasteiger partial charge in [-0.05, 0) is 46.8 Å². The Morgan fingerprint density at radius 2 is 1.88 bits per heavy atom. The lowest BCUT2D eigenvalue weighted by atomic mass is 10.1. The molecule has 0 amide bonds. The highest BCUT2D eigenvalue weighted by Crippen LogP contribution is 2.23. The van der Waals surface area contributed by atoms with Crippen molar-refractivity contribution in [2.45, 2.75) is 53.8 Å². The van der Waals surface area contributed by atoms with Crippen LogP contribution in [0.15, 0.2) is 34.9 Å². The van der Waals surface area contributed by atoms with Crippen LogP contribution in [0.25, 0.3) is 11.5 Å². The van der Waals surface area contributed by atoms with E-state index < -0.39 is 0 Å². The molecule has 0 bridgehead atoms. The van der Waals surface area contributed by atoms with E-state index in [4.69, 9.17) is 4.42 Å². The highest BCUT2D eigenvalue weighted by molar-refractivity contribution is 5.53. The first-order chi connectivity index (χ1) is 12.0. The second-order valence-corrected chi connectivity index (χ2v) is 6.51. The Balaban J connectivity index is 1.68. The Labute approximate surface area is 149 Å². The summed E-state index contributed by atoms with van der Waals surface area (Å²) < 4.78 is 7.68. The molecule has 0 fully saturated rings. The van der Waals surface area contributed by atoms with E-state index in [0.717, 1.165) is 23.5 Å². The minimum atomic E-state index is 0.208. The highest BCUT2D eigenvalue weighted by atomic mass is 16.3. The van der Waals surface area contributed by atoms with E-state index in [1.165, 1.54) is 16.8 Å². The third-order valence-corrected chi connectivity index (χ3v) is 4.61.